The second kappa shape index (κ2) is 4.52. The highest BCUT2D eigenvalue weighted by molar-refractivity contribution is 5.37. The molecule has 2 rings (SSSR count). The van der Waals surface area contributed by atoms with Gasteiger partial charge in [-0.1, -0.05) is 6.07 Å². The Kier molecular flexibility index (Phi) is 3.24. The fourth-order valence-corrected chi connectivity index (χ4v) is 1.81. The first-order valence-corrected chi connectivity index (χ1v) is 5.41. The van der Waals surface area contributed by atoms with Gasteiger partial charge in [-0.05, 0) is 18.6 Å². The van der Waals surface area contributed by atoms with Gasteiger partial charge in [0.25, 0.3) is 0 Å². The molecule has 3 nitrogen and oxygen atoms in total. The van der Waals surface area contributed by atoms with Crippen LogP contribution in [0.2, 0.25) is 0 Å². The molecule has 0 aliphatic carbocycles. The van der Waals surface area contributed by atoms with Crippen LogP contribution in [0.15, 0.2) is 18.3 Å². The van der Waals surface area contributed by atoms with Crippen LogP contribution in [-0.4, -0.2) is 41.7 Å². The Morgan fingerprint density at radius 3 is 2.65 bits per heavy atom. The molecule has 1 aromatic rings. The average molecular weight is 245 g/mol. The standard InChI is InChI=1S/C11H14F3N3/c1-8-2-3-10(15-4-8)16-9-5-17(6-9)7-11(12,13)14/h2-4,9H,5-7H2,1H3,(H,15,16). The topological polar surface area (TPSA) is 28.2 Å². The average Bonchev–Trinajstić information content (AvgIpc) is 2.16. The molecule has 0 amide bonds. The van der Waals surface area contributed by atoms with Crippen LogP contribution < -0.4 is 5.32 Å². The molecule has 2 heterocycles. The Bertz CT molecular complexity index is 369. The fraction of sp³-hybridized carbons (Fsp3) is 0.545. The van der Waals surface area contributed by atoms with E-state index >= 15 is 0 Å². The van der Waals surface area contributed by atoms with Crippen molar-refractivity contribution >= 4 is 5.82 Å². The first-order chi connectivity index (χ1) is 7.92. The Morgan fingerprint density at radius 2 is 2.12 bits per heavy atom. The van der Waals surface area contributed by atoms with Crippen molar-refractivity contribution in [2.75, 3.05) is 25.0 Å². The molecule has 0 radical (unpaired) electrons. The van der Waals surface area contributed by atoms with Crippen molar-refractivity contribution in [1.29, 1.82) is 0 Å². The molecule has 1 aromatic heterocycles. The zero-order valence-electron chi connectivity index (χ0n) is 9.46. The number of nitrogens with one attached hydrogen (secondary N) is 1. The normalized spacial score (nSPS) is 17.9. The highest BCUT2D eigenvalue weighted by Gasteiger charge is 2.36. The van der Waals surface area contributed by atoms with Gasteiger partial charge in [0.2, 0.25) is 0 Å². The summed E-state index contributed by atoms with van der Waals surface area (Å²) < 4.78 is 36.2. The van der Waals surface area contributed by atoms with Crippen molar-refractivity contribution in [1.82, 2.24) is 9.88 Å². The van der Waals surface area contributed by atoms with E-state index in [0.717, 1.165) is 5.56 Å². The molecule has 1 aliphatic rings. The minimum absolute atomic E-state index is 0.0626. The third kappa shape index (κ3) is 3.59. The van der Waals surface area contributed by atoms with Gasteiger partial charge >= 0.3 is 6.18 Å². The molecule has 17 heavy (non-hydrogen) atoms. The Morgan fingerprint density at radius 1 is 1.41 bits per heavy atom. The molecular weight excluding hydrogens is 231 g/mol. The number of aromatic nitrogens is 1. The largest absolute Gasteiger partial charge is 0.401 e. The van der Waals surface area contributed by atoms with E-state index in [1.807, 2.05) is 19.1 Å². The number of anilines is 1. The molecule has 94 valence electrons. The minimum atomic E-state index is -4.10. The maximum absolute atomic E-state index is 12.1. The quantitative estimate of drug-likeness (QED) is 0.883. The third-order valence-electron chi connectivity index (χ3n) is 2.62. The summed E-state index contributed by atoms with van der Waals surface area (Å²) in [5.74, 6) is 0.715. The number of aryl methyl sites for hydroxylation is 1. The van der Waals surface area contributed by atoms with E-state index < -0.39 is 12.7 Å². The summed E-state index contributed by atoms with van der Waals surface area (Å²) in [6, 6.07) is 3.82. The summed E-state index contributed by atoms with van der Waals surface area (Å²) >= 11 is 0. The van der Waals surface area contributed by atoms with Crippen LogP contribution in [0.4, 0.5) is 19.0 Å². The molecule has 0 saturated carbocycles. The Balaban J connectivity index is 1.76. The molecule has 0 spiro atoms. The van der Waals surface area contributed by atoms with E-state index in [1.54, 1.807) is 6.20 Å². The fourth-order valence-electron chi connectivity index (χ4n) is 1.81. The number of likely N-dealkylation sites (tertiary alicyclic amines) is 1. The number of halogens is 3. The highest BCUT2D eigenvalue weighted by Crippen LogP contribution is 2.21. The summed E-state index contributed by atoms with van der Waals surface area (Å²) in [5.41, 5.74) is 1.06. The first kappa shape index (κ1) is 12.2. The van der Waals surface area contributed by atoms with Gasteiger partial charge in [-0.15, -0.1) is 0 Å². The van der Waals surface area contributed by atoms with Crippen LogP contribution in [0, 0.1) is 6.92 Å². The second-order valence-corrected chi connectivity index (χ2v) is 4.37. The maximum Gasteiger partial charge on any atom is 0.401 e. The lowest BCUT2D eigenvalue weighted by Gasteiger charge is -2.40. The minimum Gasteiger partial charge on any atom is -0.365 e. The van der Waals surface area contributed by atoms with Crippen LogP contribution in [0.5, 0.6) is 0 Å². The van der Waals surface area contributed by atoms with Crippen LogP contribution >= 0.6 is 0 Å². The molecule has 0 aromatic carbocycles. The molecule has 6 heteroatoms. The van der Waals surface area contributed by atoms with E-state index in [9.17, 15) is 13.2 Å². The highest BCUT2D eigenvalue weighted by atomic mass is 19.4. The predicted octanol–water partition coefficient (Wildman–Crippen LogP) is 2.05. The van der Waals surface area contributed by atoms with Gasteiger partial charge in [-0.25, -0.2) is 4.98 Å². The summed E-state index contributed by atoms with van der Waals surface area (Å²) in [7, 11) is 0. The van der Waals surface area contributed by atoms with Gasteiger partial charge in [0.15, 0.2) is 0 Å². The van der Waals surface area contributed by atoms with Crippen LogP contribution in [0.1, 0.15) is 5.56 Å². The molecule has 1 saturated heterocycles. The van der Waals surface area contributed by atoms with Gasteiger partial charge in [0, 0.05) is 19.3 Å². The zero-order valence-corrected chi connectivity index (χ0v) is 9.46. The van der Waals surface area contributed by atoms with Gasteiger partial charge < -0.3 is 5.32 Å². The summed E-state index contributed by atoms with van der Waals surface area (Å²) in [5, 5.41) is 3.10. The first-order valence-electron chi connectivity index (χ1n) is 5.41. The van der Waals surface area contributed by atoms with E-state index in [2.05, 4.69) is 10.3 Å². The molecule has 1 fully saturated rings. The lowest BCUT2D eigenvalue weighted by molar-refractivity contribution is -0.153. The summed E-state index contributed by atoms with van der Waals surface area (Å²) in [6.07, 6.45) is -2.37. The molecular formula is C11H14F3N3. The third-order valence-corrected chi connectivity index (χ3v) is 2.62. The van der Waals surface area contributed by atoms with Crippen LogP contribution in [0.3, 0.4) is 0 Å². The van der Waals surface area contributed by atoms with Gasteiger partial charge in [-0.2, -0.15) is 13.2 Å². The molecule has 0 bridgehead atoms. The molecule has 0 unspecified atom stereocenters. The lowest BCUT2D eigenvalue weighted by Crippen LogP contribution is -2.57. The van der Waals surface area contributed by atoms with E-state index in [4.69, 9.17) is 0 Å². The van der Waals surface area contributed by atoms with Gasteiger partial charge in [0.1, 0.15) is 5.82 Å². The van der Waals surface area contributed by atoms with Crippen molar-refractivity contribution in [2.24, 2.45) is 0 Å². The second-order valence-electron chi connectivity index (χ2n) is 4.37. The summed E-state index contributed by atoms with van der Waals surface area (Å²) in [6.45, 7) is 1.93. The van der Waals surface area contributed by atoms with Crippen molar-refractivity contribution in [3.8, 4) is 0 Å². The molecule has 1 N–H and O–H groups in total. The zero-order chi connectivity index (χ0) is 12.5. The lowest BCUT2D eigenvalue weighted by atomic mass is 10.1. The van der Waals surface area contributed by atoms with Gasteiger partial charge in [0.05, 0.1) is 12.6 Å². The number of hydrogen-bond donors (Lipinski definition) is 1. The monoisotopic (exact) mass is 245 g/mol. The van der Waals surface area contributed by atoms with E-state index in [-0.39, 0.29) is 6.04 Å². The van der Waals surface area contributed by atoms with Crippen LogP contribution in [-0.2, 0) is 0 Å². The molecule has 0 atom stereocenters. The predicted molar refractivity (Wildman–Crippen MR) is 58.9 cm³/mol. The Hall–Kier alpha value is -1.30. The van der Waals surface area contributed by atoms with E-state index in [0.29, 0.717) is 18.9 Å². The van der Waals surface area contributed by atoms with Crippen molar-refractivity contribution < 1.29 is 13.2 Å². The van der Waals surface area contributed by atoms with Crippen molar-refractivity contribution in [3.05, 3.63) is 23.9 Å². The van der Waals surface area contributed by atoms with Gasteiger partial charge in [-0.3, -0.25) is 4.90 Å². The number of pyridine rings is 1. The number of hydrogen-bond acceptors (Lipinski definition) is 3. The maximum atomic E-state index is 12.1. The number of rotatable bonds is 3. The van der Waals surface area contributed by atoms with Crippen molar-refractivity contribution in [3.63, 3.8) is 0 Å². The SMILES string of the molecule is Cc1ccc(NC2CN(CC(F)(F)F)C2)nc1. The Labute approximate surface area is 97.6 Å². The summed E-state index contributed by atoms with van der Waals surface area (Å²) in [4.78, 5) is 5.51. The smallest absolute Gasteiger partial charge is 0.365 e. The van der Waals surface area contributed by atoms with E-state index in [1.165, 1.54) is 4.90 Å². The molecule has 1 aliphatic heterocycles. The number of alkyl halides is 3. The van der Waals surface area contributed by atoms with Crippen LogP contribution in [0.25, 0.3) is 0 Å². The number of nitrogens with zero attached hydrogens (tertiary/aromatic N) is 2. The van der Waals surface area contributed by atoms with Crippen molar-refractivity contribution in [2.45, 2.75) is 19.1 Å².